The highest BCUT2D eigenvalue weighted by molar-refractivity contribution is 6.04. The van der Waals surface area contributed by atoms with E-state index < -0.39 is 0 Å². The molecule has 0 saturated carbocycles. The fraction of sp³-hybridized carbons (Fsp3) is 0.364. The summed E-state index contributed by atoms with van der Waals surface area (Å²) in [6.07, 6.45) is 0.535. The molecule has 2 nitrogen and oxygen atoms in total. The number of Topliss-reactive ketones (excluding diaryl/α,β-unsaturated/α-hetero) is 1. The van der Waals surface area contributed by atoms with Gasteiger partial charge in [0.15, 0.2) is 5.78 Å². The Hall–Kier alpha value is -1.31. The van der Waals surface area contributed by atoms with Crippen molar-refractivity contribution in [2.75, 3.05) is 0 Å². The van der Waals surface area contributed by atoms with Gasteiger partial charge < -0.3 is 5.11 Å². The zero-order valence-electron chi connectivity index (χ0n) is 7.79. The van der Waals surface area contributed by atoms with Gasteiger partial charge in [-0.1, -0.05) is 13.0 Å². The highest BCUT2D eigenvalue weighted by Crippen LogP contribution is 2.39. The van der Waals surface area contributed by atoms with Gasteiger partial charge in [-0.2, -0.15) is 0 Å². The van der Waals surface area contributed by atoms with Gasteiger partial charge in [0.1, 0.15) is 5.75 Å². The van der Waals surface area contributed by atoms with Crippen LogP contribution in [0.5, 0.6) is 5.75 Å². The number of carbonyl (C=O) groups is 1. The van der Waals surface area contributed by atoms with E-state index >= 15 is 0 Å². The van der Waals surface area contributed by atoms with Crippen LogP contribution in [0.25, 0.3) is 0 Å². The van der Waals surface area contributed by atoms with Crippen LogP contribution in [0.4, 0.5) is 0 Å². The highest BCUT2D eigenvalue weighted by atomic mass is 16.3. The van der Waals surface area contributed by atoms with Crippen LogP contribution in [0.3, 0.4) is 0 Å². The molecule has 1 N–H and O–H groups in total. The first-order valence-corrected chi connectivity index (χ1v) is 4.47. The third kappa shape index (κ3) is 1.05. The number of hydrogen-bond acceptors (Lipinski definition) is 2. The molecule has 1 aliphatic carbocycles. The summed E-state index contributed by atoms with van der Waals surface area (Å²) in [4.78, 5) is 11.5. The topological polar surface area (TPSA) is 37.3 Å². The first-order valence-electron chi connectivity index (χ1n) is 4.47. The van der Waals surface area contributed by atoms with Crippen LogP contribution < -0.4 is 0 Å². The van der Waals surface area contributed by atoms with Gasteiger partial charge in [0.2, 0.25) is 0 Å². The number of hydrogen-bond donors (Lipinski definition) is 1. The lowest BCUT2D eigenvalue weighted by Crippen LogP contribution is -1.93. The summed E-state index contributed by atoms with van der Waals surface area (Å²) < 4.78 is 0. The summed E-state index contributed by atoms with van der Waals surface area (Å²) in [5, 5.41) is 9.52. The minimum atomic E-state index is 0.0729. The van der Waals surface area contributed by atoms with Gasteiger partial charge in [-0.05, 0) is 30.0 Å². The average Bonchev–Trinajstić information content (AvgIpc) is 2.36. The van der Waals surface area contributed by atoms with Crippen molar-refractivity contribution in [1.29, 1.82) is 0 Å². The average molecular weight is 176 g/mol. The SMILES string of the molecule is Cc1ccc(O)c2c1[C@@H](C)CC2=O. The Balaban J connectivity index is 2.74. The molecule has 68 valence electrons. The predicted molar refractivity (Wildman–Crippen MR) is 50.2 cm³/mol. The quantitative estimate of drug-likeness (QED) is 0.659. The van der Waals surface area contributed by atoms with Crippen molar-refractivity contribution >= 4 is 5.78 Å². The van der Waals surface area contributed by atoms with Gasteiger partial charge in [0.25, 0.3) is 0 Å². The second kappa shape index (κ2) is 2.59. The lowest BCUT2D eigenvalue weighted by Gasteiger charge is -2.07. The summed E-state index contributed by atoms with van der Waals surface area (Å²) in [6.45, 7) is 4.00. The number of carbonyl (C=O) groups excluding carboxylic acids is 1. The molecule has 1 aromatic carbocycles. The zero-order valence-corrected chi connectivity index (χ0v) is 7.79. The van der Waals surface area contributed by atoms with Crippen LogP contribution in [0.2, 0.25) is 0 Å². The second-order valence-electron chi connectivity index (χ2n) is 3.72. The standard InChI is InChI=1S/C11H12O2/c1-6-3-4-8(12)11-9(13)5-7(2)10(6)11/h3-4,7,12H,5H2,1-2H3/t7-/m0/s1. The van der Waals surface area contributed by atoms with Crippen molar-refractivity contribution < 1.29 is 9.90 Å². The maximum Gasteiger partial charge on any atom is 0.167 e. The molecule has 0 radical (unpaired) electrons. The fourth-order valence-corrected chi connectivity index (χ4v) is 2.12. The maximum atomic E-state index is 11.5. The number of phenols is 1. The molecule has 2 heteroatoms. The van der Waals surface area contributed by atoms with E-state index in [2.05, 4.69) is 0 Å². The van der Waals surface area contributed by atoms with E-state index in [9.17, 15) is 9.90 Å². The molecule has 0 aliphatic heterocycles. The molecule has 1 aromatic rings. The Morgan fingerprint density at radius 1 is 1.46 bits per heavy atom. The zero-order chi connectivity index (χ0) is 9.59. The Morgan fingerprint density at radius 2 is 2.15 bits per heavy atom. The predicted octanol–water partition coefficient (Wildman–Crippen LogP) is 2.39. The van der Waals surface area contributed by atoms with Crippen molar-refractivity contribution in [1.82, 2.24) is 0 Å². The summed E-state index contributed by atoms with van der Waals surface area (Å²) in [6, 6.07) is 3.47. The first kappa shape index (κ1) is 8.30. The van der Waals surface area contributed by atoms with Crippen molar-refractivity contribution in [2.45, 2.75) is 26.2 Å². The summed E-state index contributed by atoms with van der Waals surface area (Å²) >= 11 is 0. The monoisotopic (exact) mass is 176 g/mol. The number of ketones is 1. The maximum absolute atomic E-state index is 11.5. The Labute approximate surface area is 77.2 Å². The van der Waals surface area contributed by atoms with Crippen molar-refractivity contribution in [2.24, 2.45) is 0 Å². The molecule has 0 amide bonds. The lowest BCUT2D eigenvalue weighted by atomic mass is 9.98. The molecule has 0 bridgehead atoms. The number of aryl methyl sites for hydroxylation is 1. The molecule has 0 aromatic heterocycles. The normalized spacial score (nSPS) is 20.5. The van der Waals surface area contributed by atoms with Gasteiger partial charge in [-0.25, -0.2) is 0 Å². The molecular formula is C11H12O2. The van der Waals surface area contributed by atoms with Gasteiger partial charge in [0.05, 0.1) is 5.56 Å². The van der Waals surface area contributed by atoms with Crippen LogP contribution >= 0.6 is 0 Å². The van der Waals surface area contributed by atoms with Crippen molar-refractivity contribution in [3.63, 3.8) is 0 Å². The van der Waals surface area contributed by atoms with Gasteiger partial charge in [-0.15, -0.1) is 0 Å². The second-order valence-corrected chi connectivity index (χ2v) is 3.72. The first-order chi connectivity index (χ1) is 6.11. The number of fused-ring (bicyclic) bond motifs is 1. The van der Waals surface area contributed by atoms with E-state index in [-0.39, 0.29) is 17.5 Å². The van der Waals surface area contributed by atoms with E-state index in [1.54, 1.807) is 6.07 Å². The molecule has 1 atom stereocenters. The molecule has 1 aliphatic rings. The third-order valence-corrected chi connectivity index (χ3v) is 2.70. The van der Waals surface area contributed by atoms with Crippen molar-refractivity contribution in [3.05, 3.63) is 28.8 Å². The van der Waals surface area contributed by atoms with Crippen LogP contribution in [0.1, 0.15) is 40.7 Å². The van der Waals surface area contributed by atoms with Gasteiger partial charge in [0, 0.05) is 6.42 Å². The van der Waals surface area contributed by atoms with Crippen molar-refractivity contribution in [3.8, 4) is 5.75 Å². The smallest absolute Gasteiger partial charge is 0.167 e. The van der Waals surface area contributed by atoms with E-state index in [0.29, 0.717) is 12.0 Å². The highest BCUT2D eigenvalue weighted by Gasteiger charge is 2.30. The van der Waals surface area contributed by atoms with Crippen LogP contribution in [-0.2, 0) is 0 Å². The molecular weight excluding hydrogens is 164 g/mol. The van der Waals surface area contributed by atoms with Crippen LogP contribution in [0.15, 0.2) is 12.1 Å². The number of phenolic OH excluding ortho intramolecular Hbond substituents is 1. The summed E-state index contributed by atoms with van der Waals surface area (Å²) in [5.74, 6) is 0.466. The molecule has 13 heavy (non-hydrogen) atoms. The van der Waals surface area contributed by atoms with E-state index in [0.717, 1.165) is 11.1 Å². The van der Waals surface area contributed by atoms with Crippen LogP contribution in [-0.4, -0.2) is 10.9 Å². The van der Waals surface area contributed by atoms with E-state index in [4.69, 9.17) is 0 Å². The van der Waals surface area contributed by atoms with Gasteiger partial charge >= 0.3 is 0 Å². The van der Waals surface area contributed by atoms with E-state index in [1.165, 1.54) is 0 Å². The molecule has 0 saturated heterocycles. The molecule has 2 rings (SSSR count). The number of benzene rings is 1. The molecule has 0 heterocycles. The molecule has 0 unspecified atom stereocenters. The minimum Gasteiger partial charge on any atom is -0.507 e. The Kier molecular flexibility index (Phi) is 1.65. The summed E-state index contributed by atoms with van der Waals surface area (Å²) in [7, 11) is 0. The largest absolute Gasteiger partial charge is 0.507 e. The van der Waals surface area contributed by atoms with Gasteiger partial charge in [-0.3, -0.25) is 4.79 Å². The molecule has 0 fully saturated rings. The minimum absolute atomic E-state index is 0.0729. The fourth-order valence-electron chi connectivity index (χ4n) is 2.12. The number of aromatic hydroxyl groups is 1. The summed E-state index contributed by atoms with van der Waals surface area (Å²) in [5.41, 5.74) is 2.68. The lowest BCUT2D eigenvalue weighted by molar-refractivity contribution is 0.0988. The van der Waals surface area contributed by atoms with E-state index in [1.807, 2.05) is 19.9 Å². The molecule has 0 spiro atoms. The number of rotatable bonds is 0. The Bertz CT molecular complexity index is 380. The van der Waals surface area contributed by atoms with Crippen LogP contribution in [0, 0.1) is 6.92 Å². The Morgan fingerprint density at radius 3 is 2.77 bits per heavy atom. The third-order valence-electron chi connectivity index (χ3n) is 2.70.